The summed E-state index contributed by atoms with van der Waals surface area (Å²) in [7, 11) is 3.57. The Morgan fingerprint density at radius 2 is 2.27 bits per heavy atom. The third-order valence-electron chi connectivity index (χ3n) is 0.642. The van der Waals surface area contributed by atoms with Gasteiger partial charge in [-0.1, -0.05) is 24.0 Å². The third-order valence-corrected chi connectivity index (χ3v) is 1.83. The van der Waals surface area contributed by atoms with Crippen LogP contribution in [0.15, 0.2) is 0 Å². The lowest BCUT2D eigenvalue weighted by molar-refractivity contribution is -0.133. The zero-order chi connectivity index (χ0) is 8.85. The van der Waals surface area contributed by atoms with E-state index in [1.165, 1.54) is 0 Å². The smallest absolute Gasteiger partial charge is 0.313 e. The molecule has 2 N–H and O–H groups in total. The highest BCUT2D eigenvalue weighted by Crippen LogP contribution is 2.00. The molecule has 0 aliphatic rings. The maximum atomic E-state index is 10.1. The molecule has 0 aromatic heterocycles. The van der Waals surface area contributed by atoms with Crippen LogP contribution in [-0.2, 0) is 4.79 Å². The molecule has 0 unspecified atom stereocenters. The number of thiocarbonyl (C=S) groups is 1. The molecule has 0 spiro atoms. The number of nitrogens with zero attached hydrogens (tertiary/aromatic N) is 1. The Bertz CT molecular complexity index is 161. The number of aliphatic carboxylic acids is 1. The summed E-state index contributed by atoms with van der Waals surface area (Å²) in [5.74, 6) is -0.863. The van der Waals surface area contributed by atoms with Gasteiger partial charge in [0.25, 0.3) is 0 Å². The minimum absolute atomic E-state index is 0.000324. The molecule has 4 nitrogen and oxygen atoms in total. The molecular weight excluding hydrogens is 184 g/mol. The van der Waals surface area contributed by atoms with E-state index in [4.69, 9.17) is 17.3 Å². The van der Waals surface area contributed by atoms with Crippen LogP contribution >= 0.6 is 24.0 Å². The molecule has 64 valence electrons. The predicted molar refractivity (Wildman–Crippen MR) is 49.5 cm³/mol. The molecule has 11 heavy (non-hydrogen) atoms. The fraction of sp³-hybridized carbons (Fsp3) is 0.600. The molecule has 0 heterocycles. The zero-order valence-corrected chi connectivity index (χ0v) is 7.96. The monoisotopic (exact) mass is 194 g/mol. The van der Waals surface area contributed by atoms with Crippen LogP contribution in [0.1, 0.15) is 0 Å². The van der Waals surface area contributed by atoms with E-state index in [0.29, 0.717) is 4.32 Å². The number of carboxylic acids is 1. The number of hydrogen-bond acceptors (Lipinski definition) is 4. The van der Waals surface area contributed by atoms with Crippen molar-refractivity contribution in [1.82, 2.24) is 10.4 Å². The van der Waals surface area contributed by atoms with Gasteiger partial charge in [-0.2, -0.15) is 0 Å². The van der Waals surface area contributed by atoms with Crippen molar-refractivity contribution in [3.05, 3.63) is 0 Å². The average molecular weight is 194 g/mol. The van der Waals surface area contributed by atoms with Crippen molar-refractivity contribution in [3.63, 3.8) is 0 Å². The summed E-state index contributed by atoms with van der Waals surface area (Å²) in [4.78, 5) is 10.1. The number of nitrogens with one attached hydrogen (secondary N) is 1. The minimum Gasteiger partial charge on any atom is -0.481 e. The van der Waals surface area contributed by atoms with Gasteiger partial charge in [0, 0.05) is 14.1 Å². The first-order chi connectivity index (χ1) is 5.02. The molecule has 0 aromatic rings. The summed E-state index contributed by atoms with van der Waals surface area (Å²) in [5.41, 5.74) is 2.76. The van der Waals surface area contributed by atoms with Crippen LogP contribution in [0, 0.1) is 0 Å². The number of thioether (sulfide) groups is 1. The van der Waals surface area contributed by atoms with Crippen molar-refractivity contribution in [2.45, 2.75) is 0 Å². The van der Waals surface area contributed by atoms with Crippen molar-refractivity contribution in [3.8, 4) is 0 Å². The first-order valence-electron chi connectivity index (χ1n) is 2.85. The standard InChI is InChI=1S/C5H10N2O2S2/c1-7(2)6-5(10)11-3-4(8)9/h3H2,1-2H3,(H,6,10)(H,8,9). The fourth-order valence-electron chi connectivity index (χ4n) is 0.342. The van der Waals surface area contributed by atoms with Crippen LogP contribution in [0.2, 0.25) is 0 Å². The lowest BCUT2D eigenvalue weighted by Crippen LogP contribution is -2.33. The average Bonchev–Trinajstić information content (AvgIpc) is 1.82. The molecule has 0 aromatic carbocycles. The van der Waals surface area contributed by atoms with Crippen molar-refractivity contribution in [1.29, 1.82) is 0 Å². The van der Waals surface area contributed by atoms with E-state index in [0.717, 1.165) is 11.8 Å². The molecule has 0 saturated carbocycles. The Morgan fingerprint density at radius 3 is 2.64 bits per heavy atom. The number of hydrogen-bond donors (Lipinski definition) is 2. The Morgan fingerprint density at radius 1 is 1.73 bits per heavy atom. The Labute approximate surface area is 74.9 Å². The van der Waals surface area contributed by atoms with E-state index >= 15 is 0 Å². The zero-order valence-electron chi connectivity index (χ0n) is 6.33. The molecule has 0 amide bonds. The fourth-order valence-corrected chi connectivity index (χ4v) is 1.20. The number of carboxylic acid groups (broad SMARTS) is 1. The van der Waals surface area contributed by atoms with Gasteiger partial charge in [0.1, 0.15) is 4.32 Å². The van der Waals surface area contributed by atoms with E-state index in [1.54, 1.807) is 19.1 Å². The summed E-state index contributed by atoms with van der Waals surface area (Å²) < 4.78 is 0.470. The van der Waals surface area contributed by atoms with E-state index in [2.05, 4.69) is 5.43 Å². The topological polar surface area (TPSA) is 52.6 Å². The van der Waals surface area contributed by atoms with Gasteiger partial charge in [0.2, 0.25) is 0 Å². The number of hydrazine groups is 1. The van der Waals surface area contributed by atoms with Gasteiger partial charge in [0.05, 0.1) is 5.75 Å². The number of rotatable bonds is 3. The second-order valence-corrected chi connectivity index (χ2v) is 3.63. The Balaban J connectivity index is 3.45. The lowest BCUT2D eigenvalue weighted by atomic mass is 10.8. The molecule has 0 aliphatic heterocycles. The van der Waals surface area contributed by atoms with Crippen LogP contribution in [0.5, 0.6) is 0 Å². The van der Waals surface area contributed by atoms with Gasteiger partial charge < -0.3 is 10.5 Å². The quantitative estimate of drug-likeness (QED) is 0.493. The molecule has 0 radical (unpaired) electrons. The molecule has 0 fully saturated rings. The van der Waals surface area contributed by atoms with Crippen LogP contribution in [0.25, 0.3) is 0 Å². The van der Waals surface area contributed by atoms with Gasteiger partial charge in [-0.15, -0.1) is 0 Å². The summed E-state index contributed by atoms with van der Waals surface area (Å²) in [6.45, 7) is 0. The van der Waals surface area contributed by atoms with Gasteiger partial charge in [-0.25, -0.2) is 5.01 Å². The maximum Gasteiger partial charge on any atom is 0.313 e. The molecule has 0 rings (SSSR count). The van der Waals surface area contributed by atoms with Crippen molar-refractivity contribution in [2.75, 3.05) is 19.8 Å². The third kappa shape index (κ3) is 7.57. The van der Waals surface area contributed by atoms with Crippen LogP contribution in [0.3, 0.4) is 0 Å². The molecule has 0 atom stereocenters. The highest BCUT2D eigenvalue weighted by Gasteiger charge is 2.01. The van der Waals surface area contributed by atoms with Crippen molar-refractivity contribution < 1.29 is 9.90 Å². The lowest BCUT2D eigenvalue weighted by Gasteiger charge is -2.12. The largest absolute Gasteiger partial charge is 0.481 e. The number of carbonyl (C=O) groups is 1. The van der Waals surface area contributed by atoms with E-state index in [9.17, 15) is 4.79 Å². The van der Waals surface area contributed by atoms with E-state index in [-0.39, 0.29) is 5.75 Å². The maximum absolute atomic E-state index is 10.1. The summed E-state index contributed by atoms with van der Waals surface area (Å²) >= 11 is 5.89. The van der Waals surface area contributed by atoms with Crippen LogP contribution in [-0.4, -0.2) is 40.3 Å². The Hall–Kier alpha value is -0.330. The van der Waals surface area contributed by atoms with Crippen molar-refractivity contribution in [2.24, 2.45) is 0 Å². The second-order valence-electron chi connectivity index (χ2n) is 1.98. The van der Waals surface area contributed by atoms with E-state index < -0.39 is 5.97 Å². The van der Waals surface area contributed by atoms with Crippen LogP contribution < -0.4 is 5.43 Å². The highest BCUT2D eigenvalue weighted by molar-refractivity contribution is 8.23. The summed E-state index contributed by atoms with van der Waals surface area (Å²) in [6, 6.07) is 0. The molecule has 0 aliphatic carbocycles. The molecule has 0 bridgehead atoms. The predicted octanol–water partition coefficient (Wildman–Crippen LogP) is 0.155. The van der Waals surface area contributed by atoms with Crippen LogP contribution in [0.4, 0.5) is 0 Å². The summed E-state index contributed by atoms with van der Waals surface area (Å²) in [6.07, 6.45) is 0. The van der Waals surface area contributed by atoms with Gasteiger partial charge in [-0.05, 0) is 0 Å². The van der Waals surface area contributed by atoms with Gasteiger partial charge >= 0.3 is 5.97 Å². The van der Waals surface area contributed by atoms with Gasteiger partial charge in [-0.3, -0.25) is 4.79 Å². The Kier molecular flexibility index (Phi) is 5.18. The SMILES string of the molecule is CN(C)NC(=S)SCC(=O)O. The van der Waals surface area contributed by atoms with Crippen molar-refractivity contribution >= 4 is 34.3 Å². The second kappa shape index (κ2) is 5.34. The molecular formula is C5H10N2O2S2. The molecule has 0 saturated heterocycles. The minimum atomic E-state index is -0.863. The van der Waals surface area contributed by atoms with Gasteiger partial charge in [0.15, 0.2) is 0 Å². The van der Waals surface area contributed by atoms with E-state index in [1.807, 2.05) is 0 Å². The summed E-state index contributed by atoms with van der Waals surface area (Å²) in [5, 5.41) is 9.94. The highest BCUT2D eigenvalue weighted by atomic mass is 32.2. The molecule has 6 heteroatoms. The first kappa shape index (κ1) is 10.7. The first-order valence-corrected chi connectivity index (χ1v) is 4.24. The normalized spacial score (nSPS) is 9.73.